The average Bonchev–Trinajstić information content (AvgIpc) is 3.10. The van der Waals surface area contributed by atoms with Crippen molar-refractivity contribution in [2.45, 2.75) is 6.61 Å². The highest BCUT2D eigenvalue weighted by Gasteiger charge is 2.15. The minimum Gasteiger partial charge on any atom is -0.478 e. The zero-order valence-electron chi connectivity index (χ0n) is 13.3. The number of nitriles is 1. The van der Waals surface area contributed by atoms with Crippen LogP contribution in [0.15, 0.2) is 72.2 Å². The number of ether oxygens (including phenoxy) is 1. The van der Waals surface area contributed by atoms with Crippen LogP contribution in [0, 0.1) is 11.3 Å². The van der Waals surface area contributed by atoms with Crippen molar-refractivity contribution in [3.63, 3.8) is 0 Å². The number of para-hydroxylation sites is 1. The molecule has 3 nitrogen and oxygen atoms in total. The molecule has 0 aliphatic rings. The van der Waals surface area contributed by atoms with E-state index in [1.807, 2.05) is 66.0 Å². The number of hydrogen-bond donors (Lipinski definition) is 0. The molecule has 0 N–H and O–H groups in total. The Morgan fingerprint density at radius 3 is 2.68 bits per heavy atom. The minimum absolute atomic E-state index is 0.387. The van der Waals surface area contributed by atoms with E-state index in [2.05, 4.69) is 11.1 Å². The van der Waals surface area contributed by atoms with Gasteiger partial charge in [-0.3, -0.25) is 4.98 Å². The van der Waals surface area contributed by atoms with Crippen LogP contribution < -0.4 is 4.74 Å². The highest BCUT2D eigenvalue weighted by molar-refractivity contribution is 7.12. The highest BCUT2D eigenvalue weighted by atomic mass is 32.1. The fraction of sp³-hybridized carbons (Fsp3) is 0.0476. The Morgan fingerprint density at radius 1 is 1.00 bits per heavy atom. The maximum absolute atomic E-state index is 9.58. The first-order valence-corrected chi connectivity index (χ1v) is 8.77. The van der Waals surface area contributed by atoms with E-state index in [1.165, 1.54) is 11.3 Å². The lowest BCUT2D eigenvalue weighted by Gasteiger charge is -2.07. The monoisotopic (exact) mass is 342 g/mol. The van der Waals surface area contributed by atoms with E-state index < -0.39 is 0 Å². The van der Waals surface area contributed by atoms with Crippen LogP contribution >= 0.6 is 11.3 Å². The molecule has 4 rings (SSSR count). The topological polar surface area (TPSA) is 45.9 Å². The van der Waals surface area contributed by atoms with Crippen molar-refractivity contribution in [3.8, 4) is 22.3 Å². The number of nitrogens with zero attached hydrogens (tertiary/aromatic N) is 2. The number of aromatic nitrogens is 1. The van der Waals surface area contributed by atoms with Gasteiger partial charge in [0.1, 0.15) is 18.2 Å². The van der Waals surface area contributed by atoms with Gasteiger partial charge in [0.25, 0.3) is 0 Å². The van der Waals surface area contributed by atoms with E-state index in [4.69, 9.17) is 4.74 Å². The molecule has 0 bridgehead atoms. The smallest absolute Gasteiger partial charge is 0.192 e. The predicted octanol–water partition coefficient (Wildman–Crippen LogP) is 5.41. The maximum Gasteiger partial charge on any atom is 0.192 e. The van der Waals surface area contributed by atoms with E-state index in [9.17, 15) is 5.26 Å². The van der Waals surface area contributed by atoms with Crippen molar-refractivity contribution >= 4 is 22.2 Å². The molecule has 0 aliphatic carbocycles. The number of fused-ring (bicyclic) bond motifs is 1. The van der Waals surface area contributed by atoms with E-state index >= 15 is 0 Å². The summed E-state index contributed by atoms with van der Waals surface area (Å²) in [6.07, 6.45) is 1.78. The molecule has 0 unspecified atom stereocenters. The Hall–Kier alpha value is -3.16. The number of thiophene rings is 1. The third-order valence-electron chi connectivity index (χ3n) is 4.03. The Morgan fingerprint density at radius 2 is 1.84 bits per heavy atom. The standard InChI is InChI=1S/C21H14N2OS/c22-12-18-19(15-6-2-1-3-7-15)14-25-21(18)24-13-17-9-4-8-16-10-5-11-23-20(16)17/h1-11,14H,13H2. The molecular weight excluding hydrogens is 328 g/mol. The summed E-state index contributed by atoms with van der Waals surface area (Å²) in [4.78, 5) is 4.45. The average molecular weight is 342 g/mol. The Kier molecular flexibility index (Phi) is 4.16. The predicted molar refractivity (Wildman–Crippen MR) is 101 cm³/mol. The molecule has 2 aromatic heterocycles. The maximum atomic E-state index is 9.58. The van der Waals surface area contributed by atoms with Crippen molar-refractivity contribution in [1.29, 1.82) is 5.26 Å². The summed E-state index contributed by atoms with van der Waals surface area (Å²) in [6, 6.07) is 22.2. The van der Waals surface area contributed by atoms with Crippen LogP contribution in [0.3, 0.4) is 0 Å². The zero-order chi connectivity index (χ0) is 17.1. The molecule has 2 heterocycles. The van der Waals surface area contributed by atoms with Crippen molar-refractivity contribution in [2.75, 3.05) is 0 Å². The molecule has 25 heavy (non-hydrogen) atoms. The molecule has 0 spiro atoms. The van der Waals surface area contributed by atoms with Gasteiger partial charge in [-0.05, 0) is 11.6 Å². The molecule has 0 fully saturated rings. The number of pyridine rings is 1. The summed E-state index contributed by atoms with van der Waals surface area (Å²) in [5.74, 6) is 0. The van der Waals surface area contributed by atoms with Crippen LogP contribution in [-0.2, 0) is 6.61 Å². The van der Waals surface area contributed by atoms with E-state index in [0.717, 1.165) is 27.6 Å². The van der Waals surface area contributed by atoms with Gasteiger partial charge in [-0.25, -0.2) is 0 Å². The van der Waals surface area contributed by atoms with Gasteiger partial charge in [0.2, 0.25) is 0 Å². The summed E-state index contributed by atoms with van der Waals surface area (Å²) >= 11 is 1.46. The second kappa shape index (κ2) is 6.76. The fourth-order valence-electron chi connectivity index (χ4n) is 2.81. The van der Waals surface area contributed by atoms with Gasteiger partial charge in [-0.15, -0.1) is 11.3 Å². The van der Waals surface area contributed by atoms with E-state index in [-0.39, 0.29) is 0 Å². The summed E-state index contributed by atoms with van der Waals surface area (Å²) in [6.45, 7) is 0.387. The Labute approximate surface area is 149 Å². The molecule has 0 amide bonds. The highest BCUT2D eigenvalue weighted by Crippen LogP contribution is 2.37. The summed E-state index contributed by atoms with van der Waals surface area (Å²) in [5.41, 5.74) is 4.47. The molecule has 4 heteroatoms. The number of benzene rings is 2. The largest absolute Gasteiger partial charge is 0.478 e. The molecule has 120 valence electrons. The summed E-state index contributed by atoms with van der Waals surface area (Å²) < 4.78 is 5.98. The molecule has 0 saturated heterocycles. The molecule has 0 aliphatic heterocycles. The van der Waals surface area contributed by atoms with Crippen molar-refractivity contribution in [1.82, 2.24) is 4.98 Å². The summed E-state index contributed by atoms with van der Waals surface area (Å²) in [7, 11) is 0. The van der Waals surface area contributed by atoms with Crippen molar-refractivity contribution in [2.24, 2.45) is 0 Å². The van der Waals surface area contributed by atoms with Crippen LogP contribution in [0.25, 0.3) is 22.0 Å². The van der Waals surface area contributed by atoms with E-state index in [1.54, 1.807) is 6.20 Å². The Balaban J connectivity index is 1.64. The molecule has 0 atom stereocenters. The van der Waals surface area contributed by atoms with Crippen LogP contribution in [0.1, 0.15) is 11.1 Å². The van der Waals surface area contributed by atoms with Crippen LogP contribution in [0.5, 0.6) is 5.06 Å². The normalized spacial score (nSPS) is 10.5. The second-order valence-corrected chi connectivity index (χ2v) is 6.41. The SMILES string of the molecule is N#Cc1c(-c2ccccc2)csc1OCc1cccc2cccnc12. The van der Waals surface area contributed by atoms with Gasteiger partial charge < -0.3 is 4.74 Å². The van der Waals surface area contributed by atoms with Gasteiger partial charge in [-0.1, -0.05) is 54.6 Å². The van der Waals surface area contributed by atoms with Crippen LogP contribution in [0.4, 0.5) is 0 Å². The lowest BCUT2D eigenvalue weighted by atomic mass is 10.1. The van der Waals surface area contributed by atoms with Gasteiger partial charge in [0.15, 0.2) is 5.06 Å². The zero-order valence-corrected chi connectivity index (χ0v) is 14.2. The molecule has 0 saturated carbocycles. The van der Waals surface area contributed by atoms with Crippen LogP contribution in [-0.4, -0.2) is 4.98 Å². The molecule has 0 radical (unpaired) electrons. The molecule has 2 aromatic carbocycles. The Bertz CT molecular complexity index is 1060. The third kappa shape index (κ3) is 2.98. The first-order valence-electron chi connectivity index (χ1n) is 7.89. The first-order chi connectivity index (χ1) is 12.4. The van der Waals surface area contributed by atoms with Gasteiger partial charge in [0, 0.05) is 28.1 Å². The second-order valence-electron chi connectivity index (χ2n) is 5.57. The minimum atomic E-state index is 0.387. The fourth-order valence-corrected chi connectivity index (χ4v) is 3.69. The lowest BCUT2D eigenvalue weighted by Crippen LogP contribution is -1.97. The van der Waals surface area contributed by atoms with Crippen molar-refractivity contribution < 1.29 is 4.74 Å². The quantitative estimate of drug-likeness (QED) is 0.498. The number of rotatable bonds is 4. The van der Waals surface area contributed by atoms with E-state index in [0.29, 0.717) is 17.2 Å². The number of hydrogen-bond acceptors (Lipinski definition) is 4. The lowest BCUT2D eigenvalue weighted by molar-refractivity contribution is 0.316. The first kappa shape index (κ1) is 15.4. The van der Waals surface area contributed by atoms with Crippen LogP contribution in [0.2, 0.25) is 0 Å². The summed E-state index contributed by atoms with van der Waals surface area (Å²) in [5, 5.41) is 13.3. The van der Waals surface area contributed by atoms with Gasteiger partial charge in [0.05, 0.1) is 5.52 Å². The van der Waals surface area contributed by atoms with Gasteiger partial charge in [-0.2, -0.15) is 5.26 Å². The van der Waals surface area contributed by atoms with Crippen molar-refractivity contribution in [3.05, 3.63) is 83.4 Å². The third-order valence-corrected chi connectivity index (χ3v) is 4.92. The van der Waals surface area contributed by atoms with Gasteiger partial charge >= 0.3 is 0 Å². The molecular formula is C21H14N2OS. The molecule has 4 aromatic rings.